The normalized spacial score (nSPS) is 17.6. The van der Waals surface area contributed by atoms with Gasteiger partial charge in [-0.2, -0.15) is 0 Å². The summed E-state index contributed by atoms with van der Waals surface area (Å²) in [6.45, 7) is 4.11. The summed E-state index contributed by atoms with van der Waals surface area (Å²) in [6.07, 6.45) is 4.76. The Morgan fingerprint density at radius 3 is 2.54 bits per heavy atom. The van der Waals surface area contributed by atoms with Crippen LogP contribution in [-0.4, -0.2) is 37.1 Å². The molecule has 3 rings (SSSR count). The van der Waals surface area contributed by atoms with E-state index in [1.807, 2.05) is 30.3 Å². The van der Waals surface area contributed by atoms with Crippen molar-refractivity contribution in [2.75, 3.05) is 31.5 Å². The lowest BCUT2D eigenvalue weighted by Crippen LogP contribution is -2.38. The summed E-state index contributed by atoms with van der Waals surface area (Å²) in [6, 6.07) is 20.2. The van der Waals surface area contributed by atoms with E-state index in [9.17, 15) is 4.79 Å². The highest BCUT2D eigenvalue weighted by molar-refractivity contribution is 5.89. The van der Waals surface area contributed by atoms with Gasteiger partial charge < -0.3 is 15.5 Å². The van der Waals surface area contributed by atoms with Crippen LogP contribution in [0, 0.1) is 5.92 Å². The highest BCUT2D eigenvalue weighted by atomic mass is 16.2. The van der Waals surface area contributed by atoms with Gasteiger partial charge in [0.05, 0.1) is 0 Å². The molecule has 1 aliphatic heterocycles. The lowest BCUT2D eigenvalue weighted by molar-refractivity contribution is 0.172. The van der Waals surface area contributed by atoms with Crippen molar-refractivity contribution >= 4 is 11.7 Å². The first-order chi connectivity index (χ1) is 12.8. The molecule has 1 saturated heterocycles. The van der Waals surface area contributed by atoms with E-state index in [2.05, 4.69) is 45.9 Å². The molecule has 1 unspecified atom stereocenters. The summed E-state index contributed by atoms with van der Waals surface area (Å²) in [5.41, 5.74) is 2.27. The second kappa shape index (κ2) is 9.97. The number of para-hydroxylation sites is 1. The van der Waals surface area contributed by atoms with Gasteiger partial charge in [0.1, 0.15) is 0 Å². The number of nitrogens with zero attached hydrogens (tertiary/aromatic N) is 1. The van der Waals surface area contributed by atoms with Crippen LogP contribution < -0.4 is 10.6 Å². The fourth-order valence-electron chi connectivity index (χ4n) is 3.67. The van der Waals surface area contributed by atoms with Crippen LogP contribution in [0.25, 0.3) is 0 Å². The maximum Gasteiger partial charge on any atom is 0.319 e. The minimum atomic E-state index is -0.128. The molecule has 2 aromatic rings. The van der Waals surface area contributed by atoms with E-state index in [4.69, 9.17) is 0 Å². The molecule has 26 heavy (non-hydrogen) atoms. The third kappa shape index (κ3) is 6.19. The molecule has 0 spiro atoms. The number of benzene rings is 2. The molecule has 0 aromatic heterocycles. The third-order valence-electron chi connectivity index (χ3n) is 4.94. The van der Waals surface area contributed by atoms with Crippen molar-refractivity contribution in [3.8, 4) is 0 Å². The van der Waals surface area contributed by atoms with E-state index >= 15 is 0 Å². The predicted molar refractivity (Wildman–Crippen MR) is 107 cm³/mol. The van der Waals surface area contributed by atoms with Gasteiger partial charge in [0.25, 0.3) is 0 Å². The second-order valence-electron chi connectivity index (χ2n) is 7.10. The Bertz CT molecular complexity index is 660. The molecule has 2 N–H and O–H groups in total. The maximum atomic E-state index is 11.9. The second-order valence-corrected chi connectivity index (χ2v) is 7.10. The smallest absolute Gasteiger partial charge is 0.319 e. The molecule has 0 aliphatic carbocycles. The number of rotatable bonds is 7. The number of amides is 2. The van der Waals surface area contributed by atoms with E-state index in [1.165, 1.54) is 37.9 Å². The van der Waals surface area contributed by atoms with Crippen LogP contribution in [0.3, 0.4) is 0 Å². The van der Waals surface area contributed by atoms with Crippen molar-refractivity contribution in [3.63, 3.8) is 0 Å². The minimum Gasteiger partial charge on any atom is -0.338 e. The van der Waals surface area contributed by atoms with E-state index < -0.39 is 0 Å². The minimum absolute atomic E-state index is 0.128. The van der Waals surface area contributed by atoms with Crippen LogP contribution in [0.1, 0.15) is 24.8 Å². The van der Waals surface area contributed by atoms with Crippen LogP contribution in [0.4, 0.5) is 10.5 Å². The lowest BCUT2D eigenvalue weighted by Gasteiger charge is -2.32. The van der Waals surface area contributed by atoms with E-state index in [-0.39, 0.29) is 6.03 Å². The number of piperidine rings is 1. The molecule has 2 aromatic carbocycles. The maximum absolute atomic E-state index is 11.9. The van der Waals surface area contributed by atoms with Crippen molar-refractivity contribution in [1.29, 1.82) is 0 Å². The molecule has 0 radical (unpaired) electrons. The monoisotopic (exact) mass is 351 g/mol. The highest BCUT2D eigenvalue weighted by Gasteiger charge is 2.19. The summed E-state index contributed by atoms with van der Waals surface area (Å²) in [4.78, 5) is 14.4. The average molecular weight is 351 g/mol. The number of likely N-dealkylation sites (tertiary alicyclic amines) is 1. The van der Waals surface area contributed by atoms with Crippen molar-refractivity contribution in [2.24, 2.45) is 5.92 Å². The zero-order valence-electron chi connectivity index (χ0n) is 15.4. The Labute approximate surface area is 156 Å². The van der Waals surface area contributed by atoms with Gasteiger partial charge in [0.2, 0.25) is 0 Å². The fourth-order valence-corrected chi connectivity index (χ4v) is 3.67. The first-order valence-corrected chi connectivity index (χ1v) is 9.66. The van der Waals surface area contributed by atoms with Crippen LogP contribution >= 0.6 is 0 Å². The quantitative estimate of drug-likeness (QED) is 0.736. The molecule has 4 nitrogen and oxygen atoms in total. The highest BCUT2D eigenvalue weighted by Crippen LogP contribution is 2.20. The summed E-state index contributed by atoms with van der Waals surface area (Å²) < 4.78 is 0. The van der Waals surface area contributed by atoms with Crippen LogP contribution in [0.2, 0.25) is 0 Å². The molecular formula is C22H29N3O. The van der Waals surface area contributed by atoms with Gasteiger partial charge in [-0.15, -0.1) is 0 Å². The fraction of sp³-hybridized carbons (Fsp3) is 0.409. The van der Waals surface area contributed by atoms with E-state index in [0.717, 1.165) is 24.6 Å². The Morgan fingerprint density at radius 2 is 1.77 bits per heavy atom. The first-order valence-electron chi connectivity index (χ1n) is 9.66. The standard InChI is InChI=1S/C22H29N3O/c26-22(24-21-12-5-2-6-13-21)23-14-8-16-25-15-7-11-20(18-25)17-19-9-3-1-4-10-19/h1-6,9-10,12-13,20H,7-8,11,14-18H2,(H2,23,24,26). The Hall–Kier alpha value is -2.33. The number of hydrogen-bond donors (Lipinski definition) is 2. The molecule has 4 heteroatoms. The molecule has 0 saturated carbocycles. The van der Waals surface area contributed by atoms with Gasteiger partial charge in [-0.3, -0.25) is 0 Å². The first kappa shape index (κ1) is 18.5. The van der Waals surface area contributed by atoms with Crippen LogP contribution in [0.5, 0.6) is 0 Å². The lowest BCUT2D eigenvalue weighted by atomic mass is 9.91. The zero-order valence-corrected chi connectivity index (χ0v) is 15.4. The summed E-state index contributed by atoms with van der Waals surface area (Å²) in [5, 5.41) is 5.80. The molecule has 138 valence electrons. The molecular weight excluding hydrogens is 322 g/mol. The predicted octanol–water partition coefficient (Wildman–Crippen LogP) is 4.15. The number of hydrogen-bond acceptors (Lipinski definition) is 2. The topological polar surface area (TPSA) is 44.4 Å². The van der Waals surface area contributed by atoms with E-state index in [1.54, 1.807) is 0 Å². The van der Waals surface area contributed by atoms with Gasteiger partial charge >= 0.3 is 6.03 Å². The van der Waals surface area contributed by atoms with E-state index in [0.29, 0.717) is 6.54 Å². The van der Waals surface area contributed by atoms with Crippen LogP contribution in [0.15, 0.2) is 60.7 Å². The third-order valence-corrected chi connectivity index (χ3v) is 4.94. The van der Waals surface area contributed by atoms with Crippen LogP contribution in [-0.2, 0) is 6.42 Å². The number of nitrogens with one attached hydrogen (secondary N) is 2. The molecule has 2 amide bonds. The largest absolute Gasteiger partial charge is 0.338 e. The van der Waals surface area contributed by atoms with Crippen molar-refractivity contribution in [3.05, 3.63) is 66.2 Å². The SMILES string of the molecule is O=C(NCCCN1CCCC(Cc2ccccc2)C1)Nc1ccccc1. The summed E-state index contributed by atoms with van der Waals surface area (Å²) in [7, 11) is 0. The van der Waals surface area contributed by atoms with Gasteiger partial charge in [0.15, 0.2) is 0 Å². The number of urea groups is 1. The Balaban J connectivity index is 1.32. The van der Waals surface area contributed by atoms with Gasteiger partial charge in [-0.1, -0.05) is 48.5 Å². The molecule has 1 heterocycles. The average Bonchev–Trinajstić information content (AvgIpc) is 2.67. The van der Waals surface area contributed by atoms with Gasteiger partial charge in [0, 0.05) is 18.8 Å². The molecule has 1 aliphatic rings. The van der Waals surface area contributed by atoms with Crippen molar-refractivity contribution in [1.82, 2.24) is 10.2 Å². The molecule has 1 fully saturated rings. The summed E-state index contributed by atoms with van der Waals surface area (Å²) >= 11 is 0. The van der Waals surface area contributed by atoms with Crippen molar-refractivity contribution < 1.29 is 4.79 Å². The van der Waals surface area contributed by atoms with Gasteiger partial charge in [-0.05, 0) is 62.4 Å². The zero-order chi connectivity index (χ0) is 18.0. The number of anilines is 1. The Morgan fingerprint density at radius 1 is 1.04 bits per heavy atom. The summed E-state index contributed by atoms with van der Waals surface area (Å²) in [5.74, 6) is 0.750. The number of carbonyl (C=O) groups excluding carboxylic acids is 1. The molecule has 0 bridgehead atoms. The van der Waals surface area contributed by atoms with Gasteiger partial charge in [-0.25, -0.2) is 4.79 Å². The van der Waals surface area contributed by atoms with Crippen molar-refractivity contribution in [2.45, 2.75) is 25.7 Å². The molecule has 1 atom stereocenters. The Kier molecular flexibility index (Phi) is 7.08. The number of carbonyl (C=O) groups is 1.